The van der Waals surface area contributed by atoms with Crippen LogP contribution >= 0.6 is 0 Å². The molecule has 0 heterocycles. The van der Waals surface area contributed by atoms with E-state index in [1.165, 1.54) is 0 Å². The highest BCUT2D eigenvalue weighted by Gasteiger charge is 2.18. The van der Waals surface area contributed by atoms with Crippen molar-refractivity contribution < 1.29 is 14.3 Å². The Hall–Kier alpha value is -2.08. The Morgan fingerprint density at radius 3 is 2.37 bits per heavy atom. The molecule has 1 aromatic carbocycles. The quantitative estimate of drug-likeness (QED) is 0.676. The Labute approximate surface area is 112 Å². The van der Waals surface area contributed by atoms with Crippen LogP contribution < -0.4 is 21.5 Å². The molecule has 0 aliphatic heterocycles. The number of amides is 2. The van der Waals surface area contributed by atoms with Crippen LogP contribution in [0.4, 0.5) is 0 Å². The van der Waals surface area contributed by atoms with Gasteiger partial charge in [0.05, 0.1) is 25.6 Å². The van der Waals surface area contributed by atoms with Crippen molar-refractivity contribution in [3.63, 3.8) is 0 Å². The smallest absolute Gasteiger partial charge is 0.237 e. The first-order valence-corrected chi connectivity index (χ1v) is 5.92. The molecule has 0 aliphatic rings. The van der Waals surface area contributed by atoms with Crippen LogP contribution in [0, 0.1) is 0 Å². The van der Waals surface area contributed by atoms with Crippen LogP contribution in [0.25, 0.3) is 0 Å². The van der Waals surface area contributed by atoms with Gasteiger partial charge >= 0.3 is 0 Å². The monoisotopic (exact) mass is 265 g/mol. The number of carbonyl (C=O) groups is 2. The second-order valence-electron chi connectivity index (χ2n) is 4.28. The van der Waals surface area contributed by atoms with Gasteiger partial charge in [-0.15, -0.1) is 0 Å². The molecule has 0 saturated heterocycles. The molecular weight excluding hydrogens is 246 g/mol. The van der Waals surface area contributed by atoms with E-state index < -0.39 is 17.9 Å². The van der Waals surface area contributed by atoms with Crippen LogP contribution in [-0.2, 0) is 9.59 Å². The fourth-order valence-electron chi connectivity index (χ4n) is 1.61. The van der Waals surface area contributed by atoms with Gasteiger partial charge in [0, 0.05) is 0 Å². The van der Waals surface area contributed by atoms with E-state index in [0.717, 1.165) is 11.3 Å². The number of nitrogens with one attached hydrogen (secondary N) is 1. The Balaban J connectivity index is 2.60. The first-order chi connectivity index (χ1) is 8.93. The molecule has 0 fully saturated rings. The lowest BCUT2D eigenvalue weighted by molar-refractivity contribution is -0.126. The maximum absolute atomic E-state index is 11.7. The molecule has 1 rings (SSSR count). The topological polar surface area (TPSA) is 107 Å². The van der Waals surface area contributed by atoms with Crippen molar-refractivity contribution in [1.82, 2.24) is 5.32 Å². The van der Waals surface area contributed by atoms with Crippen molar-refractivity contribution in [3.8, 4) is 5.75 Å². The second kappa shape index (κ2) is 6.75. The molecule has 6 nitrogen and oxygen atoms in total. The van der Waals surface area contributed by atoms with Gasteiger partial charge in [-0.05, 0) is 24.6 Å². The largest absolute Gasteiger partial charge is 0.497 e. The number of carbonyl (C=O) groups excluding carboxylic acids is 2. The van der Waals surface area contributed by atoms with E-state index in [9.17, 15) is 9.59 Å². The molecule has 104 valence electrons. The molecule has 2 atom stereocenters. The van der Waals surface area contributed by atoms with Gasteiger partial charge in [-0.3, -0.25) is 9.59 Å². The fourth-order valence-corrected chi connectivity index (χ4v) is 1.61. The van der Waals surface area contributed by atoms with Crippen molar-refractivity contribution in [2.75, 3.05) is 7.11 Å². The third-order valence-corrected chi connectivity index (χ3v) is 2.73. The molecule has 5 N–H and O–H groups in total. The average Bonchev–Trinajstić information content (AvgIpc) is 2.37. The molecule has 6 heteroatoms. The van der Waals surface area contributed by atoms with E-state index in [1.807, 2.05) is 19.1 Å². The van der Waals surface area contributed by atoms with Crippen LogP contribution in [0.1, 0.15) is 24.9 Å². The number of ether oxygens (including phenoxy) is 1. The minimum Gasteiger partial charge on any atom is -0.497 e. The zero-order valence-electron chi connectivity index (χ0n) is 11.1. The lowest BCUT2D eigenvalue weighted by atomic mass is 10.1. The van der Waals surface area contributed by atoms with Gasteiger partial charge in [0.15, 0.2) is 0 Å². The van der Waals surface area contributed by atoms with Crippen molar-refractivity contribution >= 4 is 11.8 Å². The number of hydrogen-bond acceptors (Lipinski definition) is 4. The SMILES string of the molecule is COc1ccc(C(C)NC(=O)C(N)CC(N)=O)cc1. The van der Waals surface area contributed by atoms with Gasteiger partial charge < -0.3 is 21.5 Å². The van der Waals surface area contributed by atoms with Gasteiger partial charge in [-0.1, -0.05) is 12.1 Å². The van der Waals surface area contributed by atoms with Crippen molar-refractivity contribution in [2.24, 2.45) is 11.5 Å². The van der Waals surface area contributed by atoms with Crippen molar-refractivity contribution in [1.29, 1.82) is 0 Å². The average molecular weight is 265 g/mol. The first kappa shape index (κ1) is 15.0. The maximum atomic E-state index is 11.7. The maximum Gasteiger partial charge on any atom is 0.237 e. The standard InChI is InChI=1S/C13H19N3O3/c1-8(9-3-5-10(19-2)6-4-9)16-13(18)11(14)7-12(15)17/h3-6,8,11H,7,14H2,1-2H3,(H2,15,17)(H,16,18). The normalized spacial score (nSPS) is 13.4. The highest BCUT2D eigenvalue weighted by Crippen LogP contribution is 2.17. The van der Waals surface area contributed by atoms with Crippen molar-refractivity contribution in [3.05, 3.63) is 29.8 Å². The molecule has 0 aliphatic carbocycles. The summed E-state index contributed by atoms with van der Waals surface area (Å²) in [4.78, 5) is 22.4. The number of rotatable bonds is 6. The highest BCUT2D eigenvalue weighted by molar-refractivity contribution is 5.87. The van der Waals surface area contributed by atoms with E-state index in [4.69, 9.17) is 16.2 Å². The molecular formula is C13H19N3O3. The fraction of sp³-hybridized carbons (Fsp3) is 0.385. The zero-order valence-corrected chi connectivity index (χ0v) is 11.1. The van der Waals surface area contributed by atoms with E-state index in [1.54, 1.807) is 19.2 Å². The van der Waals surface area contributed by atoms with Gasteiger partial charge in [0.25, 0.3) is 0 Å². The van der Waals surface area contributed by atoms with Crippen LogP contribution in [-0.4, -0.2) is 25.0 Å². The van der Waals surface area contributed by atoms with Crippen molar-refractivity contribution in [2.45, 2.75) is 25.4 Å². The molecule has 2 unspecified atom stereocenters. The van der Waals surface area contributed by atoms with E-state index in [-0.39, 0.29) is 12.5 Å². The van der Waals surface area contributed by atoms with Crippen LogP contribution in [0.15, 0.2) is 24.3 Å². The predicted octanol–water partition coefficient (Wildman–Crippen LogP) is 0.0751. The van der Waals surface area contributed by atoms with Crippen LogP contribution in [0.3, 0.4) is 0 Å². The summed E-state index contributed by atoms with van der Waals surface area (Å²) in [6.07, 6.45) is -0.166. The predicted molar refractivity (Wildman–Crippen MR) is 71.3 cm³/mol. The Morgan fingerprint density at radius 1 is 1.32 bits per heavy atom. The number of primary amides is 1. The first-order valence-electron chi connectivity index (χ1n) is 5.92. The summed E-state index contributed by atoms with van der Waals surface area (Å²) in [5.74, 6) is -0.255. The summed E-state index contributed by atoms with van der Waals surface area (Å²) >= 11 is 0. The van der Waals surface area contributed by atoms with Gasteiger partial charge in [-0.2, -0.15) is 0 Å². The summed E-state index contributed by atoms with van der Waals surface area (Å²) in [6.45, 7) is 1.83. The Bertz CT molecular complexity index is 445. The summed E-state index contributed by atoms with van der Waals surface area (Å²) in [5, 5.41) is 2.73. The van der Waals surface area contributed by atoms with E-state index in [2.05, 4.69) is 5.32 Å². The lowest BCUT2D eigenvalue weighted by Crippen LogP contribution is -2.43. The number of methoxy groups -OCH3 is 1. The summed E-state index contributed by atoms with van der Waals surface area (Å²) in [6, 6.07) is 6.19. The Morgan fingerprint density at radius 2 is 1.89 bits per heavy atom. The highest BCUT2D eigenvalue weighted by atomic mass is 16.5. The lowest BCUT2D eigenvalue weighted by Gasteiger charge is -2.17. The number of hydrogen-bond donors (Lipinski definition) is 3. The Kier molecular flexibility index (Phi) is 5.32. The van der Waals surface area contributed by atoms with E-state index >= 15 is 0 Å². The van der Waals surface area contributed by atoms with Crippen LogP contribution in [0.5, 0.6) is 5.75 Å². The molecule has 0 spiro atoms. The third kappa shape index (κ3) is 4.59. The molecule has 1 aromatic rings. The van der Waals surface area contributed by atoms with E-state index in [0.29, 0.717) is 0 Å². The number of benzene rings is 1. The summed E-state index contributed by atoms with van der Waals surface area (Å²) in [5.41, 5.74) is 11.5. The van der Waals surface area contributed by atoms with Gasteiger partial charge in [0.2, 0.25) is 11.8 Å². The minimum absolute atomic E-state index is 0.166. The molecule has 0 radical (unpaired) electrons. The molecule has 0 bridgehead atoms. The zero-order chi connectivity index (χ0) is 14.4. The summed E-state index contributed by atoms with van der Waals surface area (Å²) in [7, 11) is 1.59. The minimum atomic E-state index is -0.918. The van der Waals surface area contributed by atoms with Gasteiger partial charge in [-0.25, -0.2) is 0 Å². The summed E-state index contributed by atoms with van der Waals surface area (Å²) < 4.78 is 5.05. The molecule has 19 heavy (non-hydrogen) atoms. The number of nitrogens with two attached hydrogens (primary N) is 2. The molecule has 2 amide bonds. The second-order valence-corrected chi connectivity index (χ2v) is 4.28. The molecule has 0 saturated carbocycles. The van der Waals surface area contributed by atoms with Crippen LogP contribution in [0.2, 0.25) is 0 Å². The van der Waals surface area contributed by atoms with Gasteiger partial charge in [0.1, 0.15) is 5.75 Å². The molecule has 0 aromatic heterocycles. The third-order valence-electron chi connectivity index (χ3n) is 2.73.